The Morgan fingerprint density at radius 1 is 1.00 bits per heavy atom. The summed E-state index contributed by atoms with van der Waals surface area (Å²) in [6, 6.07) is 9.50. The van der Waals surface area contributed by atoms with Gasteiger partial charge in [-0.05, 0) is 35.7 Å². The number of carbonyl (C=O) groups is 1. The number of phenolic OH excluding ortho intramolecular Hbond substituents is 1. The molecule has 0 bridgehead atoms. The maximum atomic E-state index is 12.8. The molecule has 0 amide bonds. The lowest BCUT2D eigenvalue weighted by Gasteiger charge is -2.26. The molecule has 0 aromatic heterocycles. The van der Waals surface area contributed by atoms with Crippen molar-refractivity contribution in [2.24, 2.45) is 0 Å². The second-order valence-electron chi connectivity index (χ2n) is 5.04. The van der Waals surface area contributed by atoms with Crippen LogP contribution in [0.3, 0.4) is 0 Å². The summed E-state index contributed by atoms with van der Waals surface area (Å²) in [5.41, 5.74) is -2.00. The number of carbonyl (C=O) groups excluding carboxylic acids is 1. The highest BCUT2D eigenvalue weighted by Crippen LogP contribution is 2.39. The van der Waals surface area contributed by atoms with E-state index in [0.29, 0.717) is 24.3 Å². The van der Waals surface area contributed by atoms with Crippen LogP contribution >= 0.6 is 0 Å². The highest BCUT2D eigenvalue weighted by atomic mass is 19.4. The molecule has 1 unspecified atom stereocenters. The minimum Gasteiger partial charge on any atom is -0.507 e. The number of hydrogen-bond acceptors (Lipinski definition) is 3. The molecule has 0 aliphatic rings. The number of benzene rings is 2. The minimum atomic E-state index is -4.78. The first-order chi connectivity index (χ1) is 10.2. The maximum Gasteiger partial charge on any atom is 0.421 e. The van der Waals surface area contributed by atoms with Gasteiger partial charge in [-0.2, -0.15) is 13.2 Å². The highest BCUT2D eigenvalue weighted by Gasteiger charge is 2.51. The fraction of sp³-hybridized carbons (Fsp3) is 0.188. The van der Waals surface area contributed by atoms with Crippen molar-refractivity contribution in [3.63, 3.8) is 0 Å². The van der Waals surface area contributed by atoms with Gasteiger partial charge in [0.05, 0.1) is 5.56 Å². The van der Waals surface area contributed by atoms with Crippen molar-refractivity contribution in [2.45, 2.75) is 18.7 Å². The predicted molar refractivity (Wildman–Crippen MR) is 74.6 cm³/mol. The van der Waals surface area contributed by atoms with Gasteiger partial charge in [0, 0.05) is 0 Å². The number of rotatable bonds is 3. The quantitative estimate of drug-likeness (QED) is 0.851. The predicted octanol–water partition coefficient (Wildman–Crippen LogP) is 3.64. The van der Waals surface area contributed by atoms with Crippen LogP contribution < -0.4 is 0 Å². The highest BCUT2D eigenvalue weighted by molar-refractivity contribution is 5.81. The summed E-state index contributed by atoms with van der Waals surface area (Å²) in [4.78, 5) is 10.6. The lowest BCUT2D eigenvalue weighted by atomic mass is 9.93. The van der Waals surface area contributed by atoms with E-state index in [-0.39, 0.29) is 16.9 Å². The molecule has 0 spiro atoms. The number of aromatic hydroxyl groups is 1. The Morgan fingerprint density at radius 3 is 2.00 bits per heavy atom. The SMILES string of the molecule is CC(O)(c1ccc(-c2ccc(C=O)c(O)c2)cc1)C(F)(F)F. The Bertz CT molecular complexity index is 689. The molecule has 0 aliphatic heterocycles. The Balaban J connectivity index is 2.37. The van der Waals surface area contributed by atoms with Gasteiger partial charge in [-0.1, -0.05) is 30.3 Å². The van der Waals surface area contributed by atoms with Crippen LogP contribution in [0.1, 0.15) is 22.8 Å². The van der Waals surface area contributed by atoms with Crippen LogP contribution in [0.15, 0.2) is 42.5 Å². The van der Waals surface area contributed by atoms with Crippen LogP contribution in [-0.4, -0.2) is 22.7 Å². The van der Waals surface area contributed by atoms with Gasteiger partial charge >= 0.3 is 6.18 Å². The molecule has 2 N–H and O–H groups in total. The molecule has 3 nitrogen and oxygen atoms in total. The third kappa shape index (κ3) is 2.82. The number of alkyl halides is 3. The molecule has 0 aliphatic carbocycles. The Hall–Kier alpha value is -2.34. The van der Waals surface area contributed by atoms with Crippen molar-refractivity contribution in [1.82, 2.24) is 0 Å². The molecule has 0 saturated carbocycles. The summed E-state index contributed by atoms with van der Waals surface area (Å²) in [6.07, 6.45) is -4.28. The summed E-state index contributed by atoms with van der Waals surface area (Å²) in [5, 5.41) is 19.2. The number of aliphatic hydroxyl groups is 1. The van der Waals surface area contributed by atoms with Crippen LogP contribution in [0.2, 0.25) is 0 Å². The molecule has 6 heteroatoms. The van der Waals surface area contributed by atoms with Crippen molar-refractivity contribution in [1.29, 1.82) is 0 Å². The second-order valence-corrected chi connectivity index (χ2v) is 5.04. The number of aldehydes is 1. The Kier molecular flexibility index (Phi) is 3.98. The topological polar surface area (TPSA) is 57.5 Å². The number of hydrogen-bond donors (Lipinski definition) is 2. The summed E-state index contributed by atoms with van der Waals surface area (Å²) < 4.78 is 38.3. The number of halogens is 3. The Labute approximate surface area is 124 Å². The molecule has 1 atom stereocenters. The van der Waals surface area contributed by atoms with Gasteiger partial charge in [0.15, 0.2) is 11.9 Å². The van der Waals surface area contributed by atoms with E-state index in [1.165, 1.54) is 36.4 Å². The van der Waals surface area contributed by atoms with E-state index < -0.39 is 11.8 Å². The van der Waals surface area contributed by atoms with E-state index in [1.807, 2.05) is 0 Å². The maximum absolute atomic E-state index is 12.8. The first-order valence-corrected chi connectivity index (χ1v) is 6.35. The lowest BCUT2D eigenvalue weighted by Crippen LogP contribution is -2.39. The summed E-state index contributed by atoms with van der Waals surface area (Å²) in [5.74, 6) is -0.209. The molecule has 2 aromatic carbocycles. The van der Waals surface area contributed by atoms with E-state index in [1.54, 1.807) is 6.07 Å². The zero-order valence-electron chi connectivity index (χ0n) is 11.6. The molecule has 0 radical (unpaired) electrons. The van der Waals surface area contributed by atoms with E-state index in [2.05, 4.69) is 0 Å². The van der Waals surface area contributed by atoms with Crippen molar-refractivity contribution in [3.05, 3.63) is 53.6 Å². The fourth-order valence-corrected chi connectivity index (χ4v) is 1.97. The second kappa shape index (κ2) is 5.46. The molecule has 2 aromatic rings. The molecular weight excluding hydrogens is 297 g/mol. The first kappa shape index (κ1) is 16.0. The molecule has 22 heavy (non-hydrogen) atoms. The first-order valence-electron chi connectivity index (χ1n) is 6.35. The van der Waals surface area contributed by atoms with Crippen LogP contribution in [0.5, 0.6) is 5.75 Å². The van der Waals surface area contributed by atoms with Crippen LogP contribution in [0.4, 0.5) is 13.2 Å². The third-order valence-electron chi connectivity index (χ3n) is 3.49. The van der Waals surface area contributed by atoms with Gasteiger partial charge in [0.25, 0.3) is 0 Å². The van der Waals surface area contributed by atoms with Crippen LogP contribution in [0.25, 0.3) is 11.1 Å². The normalized spacial score (nSPS) is 14.4. The molecular formula is C16H13F3O3. The van der Waals surface area contributed by atoms with Crippen molar-refractivity contribution in [2.75, 3.05) is 0 Å². The molecule has 0 heterocycles. The van der Waals surface area contributed by atoms with Gasteiger partial charge in [0.2, 0.25) is 0 Å². The van der Waals surface area contributed by atoms with Crippen LogP contribution in [0, 0.1) is 0 Å². The van der Waals surface area contributed by atoms with Gasteiger partial charge < -0.3 is 10.2 Å². The van der Waals surface area contributed by atoms with Gasteiger partial charge in [-0.3, -0.25) is 4.79 Å². The van der Waals surface area contributed by atoms with E-state index in [4.69, 9.17) is 0 Å². The molecule has 116 valence electrons. The average Bonchev–Trinajstić information content (AvgIpc) is 2.46. The molecule has 2 rings (SSSR count). The van der Waals surface area contributed by atoms with Gasteiger partial charge in [-0.15, -0.1) is 0 Å². The summed E-state index contributed by atoms with van der Waals surface area (Å²) in [6.45, 7) is 0.687. The molecule has 0 fully saturated rings. The van der Waals surface area contributed by atoms with Gasteiger partial charge in [-0.25, -0.2) is 0 Å². The van der Waals surface area contributed by atoms with Crippen molar-refractivity contribution in [3.8, 4) is 16.9 Å². The van der Waals surface area contributed by atoms with E-state index in [9.17, 15) is 28.2 Å². The fourth-order valence-electron chi connectivity index (χ4n) is 1.97. The largest absolute Gasteiger partial charge is 0.507 e. The minimum absolute atomic E-state index is 0.125. The van der Waals surface area contributed by atoms with Crippen LogP contribution in [-0.2, 0) is 5.60 Å². The number of phenols is 1. The summed E-state index contributed by atoms with van der Waals surface area (Å²) >= 11 is 0. The van der Waals surface area contributed by atoms with Crippen molar-refractivity contribution < 1.29 is 28.2 Å². The Morgan fingerprint density at radius 2 is 1.55 bits per heavy atom. The monoisotopic (exact) mass is 310 g/mol. The van der Waals surface area contributed by atoms with Gasteiger partial charge in [0.1, 0.15) is 5.75 Å². The van der Waals surface area contributed by atoms with E-state index >= 15 is 0 Å². The molecule has 0 saturated heterocycles. The zero-order chi connectivity index (χ0) is 16.5. The summed E-state index contributed by atoms with van der Waals surface area (Å²) in [7, 11) is 0. The average molecular weight is 310 g/mol. The lowest BCUT2D eigenvalue weighted by molar-refractivity contribution is -0.258. The smallest absolute Gasteiger partial charge is 0.421 e. The van der Waals surface area contributed by atoms with E-state index in [0.717, 1.165) is 0 Å². The van der Waals surface area contributed by atoms with Crippen molar-refractivity contribution >= 4 is 6.29 Å². The standard InChI is InChI=1S/C16H13F3O3/c1-15(22,16(17,18)19)13-6-4-10(5-7-13)11-2-3-12(9-20)14(21)8-11/h2-9,21-22H,1H3. The third-order valence-corrected chi connectivity index (χ3v) is 3.49. The zero-order valence-corrected chi connectivity index (χ0v) is 11.6.